The van der Waals surface area contributed by atoms with Gasteiger partial charge in [-0.05, 0) is 35.4 Å². The molecule has 1 N–H and O–H groups in total. The third-order valence-corrected chi connectivity index (χ3v) is 3.85. The Morgan fingerprint density at radius 3 is 2.55 bits per heavy atom. The van der Waals surface area contributed by atoms with Crippen LogP contribution in [0.25, 0.3) is 0 Å². The molecule has 5 heteroatoms. The average molecular weight is 308 g/mol. The fourth-order valence-electron chi connectivity index (χ4n) is 2.08. The van der Waals surface area contributed by atoms with Gasteiger partial charge in [0.15, 0.2) is 6.61 Å². The van der Waals surface area contributed by atoms with Crippen molar-refractivity contribution < 1.29 is 9.53 Å². The summed E-state index contributed by atoms with van der Waals surface area (Å²) in [6, 6.07) is 12.9. The lowest BCUT2D eigenvalue weighted by Gasteiger charge is -2.20. The molecule has 1 unspecified atom stereocenters. The zero-order valence-corrected chi connectivity index (χ0v) is 11.9. The maximum atomic E-state index is 11.3. The standard InChI is InChI=1S/C15H11Cl2NO2/c16-11-4-1-9(2-5-11)15(17)10-3-6-13-12(7-10)18-14(19)8-20-13/h1-7,15H,8H2,(H,18,19). The number of nitrogens with one attached hydrogen (secondary N) is 1. The Bertz CT molecular complexity index is 655. The third kappa shape index (κ3) is 2.60. The smallest absolute Gasteiger partial charge is 0.262 e. The monoisotopic (exact) mass is 307 g/mol. The highest BCUT2D eigenvalue weighted by Crippen LogP contribution is 2.35. The molecule has 0 aliphatic carbocycles. The molecule has 3 nitrogen and oxygen atoms in total. The Balaban J connectivity index is 1.92. The summed E-state index contributed by atoms with van der Waals surface area (Å²) in [5.41, 5.74) is 2.48. The van der Waals surface area contributed by atoms with Crippen LogP contribution in [0, 0.1) is 0 Å². The number of halogens is 2. The van der Waals surface area contributed by atoms with Gasteiger partial charge in [0.05, 0.1) is 11.1 Å². The van der Waals surface area contributed by atoms with E-state index < -0.39 is 0 Å². The van der Waals surface area contributed by atoms with E-state index in [4.69, 9.17) is 27.9 Å². The van der Waals surface area contributed by atoms with Crippen molar-refractivity contribution in [1.29, 1.82) is 0 Å². The zero-order chi connectivity index (χ0) is 14.1. The van der Waals surface area contributed by atoms with Crippen molar-refractivity contribution in [1.82, 2.24) is 0 Å². The molecule has 2 aromatic rings. The molecule has 0 radical (unpaired) electrons. The van der Waals surface area contributed by atoms with Crippen LogP contribution in [0.15, 0.2) is 42.5 Å². The minimum Gasteiger partial charge on any atom is -0.482 e. The number of benzene rings is 2. The minimum atomic E-state index is -0.309. The van der Waals surface area contributed by atoms with Gasteiger partial charge in [-0.25, -0.2) is 0 Å². The highest BCUT2D eigenvalue weighted by atomic mass is 35.5. The molecule has 1 aliphatic heterocycles. The summed E-state index contributed by atoms with van der Waals surface area (Å²) in [4.78, 5) is 11.3. The largest absolute Gasteiger partial charge is 0.482 e. The van der Waals surface area contributed by atoms with Gasteiger partial charge in [-0.1, -0.05) is 29.8 Å². The van der Waals surface area contributed by atoms with Crippen molar-refractivity contribution in [3.8, 4) is 5.75 Å². The summed E-state index contributed by atoms with van der Waals surface area (Å²) in [6.07, 6.45) is 0. The number of hydrogen-bond acceptors (Lipinski definition) is 2. The van der Waals surface area contributed by atoms with Gasteiger partial charge in [0.25, 0.3) is 5.91 Å². The maximum absolute atomic E-state index is 11.3. The van der Waals surface area contributed by atoms with Crippen LogP contribution in [-0.4, -0.2) is 12.5 Å². The normalized spacial score (nSPS) is 15.0. The highest BCUT2D eigenvalue weighted by molar-refractivity contribution is 6.30. The van der Waals surface area contributed by atoms with E-state index in [2.05, 4.69) is 5.32 Å². The Kier molecular flexibility index (Phi) is 3.55. The van der Waals surface area contributed by atoms with Crippen molar-refractivity contribution in [2.24, 2.45) is 0 Å². The number of anilines is 1. The first kappa shape index (κ1) is 13.3. The van der Waals surface area contributed by atoms with E-state index in [1.165, 1.54) is 0 Å². The lowest BCUT2D eigenvalue weighted by molar-refractivity contribution is -0.118. The molecular formula is C15H11Cl2NO2. The van der Waals surface area contributed by atoms with Crippen LogP contribution in [0.1, 0.15) is 16.5 Å². The van der Waals surface area contributed by atoms with E-state index in [-0.39, 0.29) is 17.9 Å². The number of amides is 1. The fraction of sp³-hybridized carbons (Fsp3) is 0.133. The van der Waals surface area contributed by atoms with Gasteiger partial charge in [-0.3, -0.25) is 4.79 Å². The molecule has 0 saturated carbocycles. The highest BCUT2D eigenvalue weighted by Gasteiger charge is 2.18. The molecule has 0 aromatic heterocycles. The Labute approximate surface area is 126 Å². The fourth-order valence-corrected chi connectivity index (χ4v) is 2.49. The number of carbonyl (C=O) groups is 1. The Morgan fingerprint density at radius 1 is 1.10 bits per heavy atom. The van der Waals surface area contributed by atoms with E-state index in [9.17, 15) is 4.79 Å². The van der Waals surface area contributed by atoms with Crippen molar-refractivity contribution in [2.75, 3.05) is 11.9 Å². The summed E-state index contributed by atoms with van der Waals surface area (Å²) in [6.45, 7) is 0.0494. The number of fused-ring (bicyclic) bond motifs is 1. The molecular weight excluding hydrogens is 297 g/mol. The topological polar surface area (TPSA) is 38.3 Å². The molecule has 3 rings (SSSR count). The van der Waals surface area contributed by atoms with Gasteiger partial charge in [-0.15, -0.1) is 11.6 Å². The SMILES string of the molecule is O=C1COc2ccc(C(Cl)c3ccc(Cl)cc3)cc2N1. The van der Waals surface area contributed by atoms with E-state index >= 15 is 0 Å². The first-order valence-electron chi connectivity index (χ1n) is 6.09. The first-order chi connectivity index (χ1) is 9.63. The van der Waals surface area contributed by atoms with Crippen LogP contribution < -0.4 is 10.1 Å². The Morgan fingerprint density at radius 2 is 1.80 bits per heavy atom. The molecule has 1 amide bonds. The molecule has 102 valence electrons. The van der Waals surface area contributed by atoms with E-state index in [1.54, 1.807) is 12.1 Å². The maximum Gasteiger partial charge on any atom is 0.262 e. The van der Waals surface area contributed by atoms with Gasteiger partial charge < -0.3 is 10.1 Å². The number of ether oxygens (including phenoxy) is 1. The van der Waals surface area contributed by atoms with Gasteiger partial charge >= 0.3 is 0 Å². The van der Waals surface area contributed by atoms with Crippen molar-refractivity contribution in [3.05, 3.63) is 58.6 Å². The molecule has 20 heavy (non-hydrogen) atoms. The summed E-state index contributed by atoms with van der Waals surface area (Å²) in [7, 11) is 0. The van der Waals surface area contributed by atoms with Crippen LogP contribution in [0.3, 0.4) is 0 Å². The van der Waals surface area contributed by atoms with E-state index in [0.717, 1.165) is 11.1 Å². The lowest BCUT2D eigenvalue weighted by atomic mass is 10.0. The number of hydrogen-bond donors (Lipinski definition) is 1. The van der Waals surface area contributed by atoms with E-state index in [0.29, 0.717) is 16.5 Å². The lowest BCUT2D eigenvalue weighted by Crippen LogP contribution is -2.25. The zero-order valence-electron chi connectivity index (χ0n) is 10.4. The average Bonchev–Trinajstić information content (AvgIpc) is 2.46. The van der Waals surface area contributed by atoms with Gasteiger partial charge in [0.2, 0.25) is 0 Å². The predicted molar refractivity (Wildman–Crippen MR) is 79.7 cm³/mol. The molecule has 0 saturated heterocycles. The summed E-state index contributed by atoms with van der Waals surface area (Å²) in [5.74, 6) is 0.501. The third-order valence-electron chi connectivity index (χ3n) is 3.09. The summed E-state index contributed by atoms with van der Waals surface area (Å²) >= 11 is 12.3. The number of rotatable bonds is 2. The van der Waals surface area contributed by atoms with Crippen molar-refractivity contribution in [2.45, 2.75) is 5.38 Å². The van der Waals surface area contributed by atoms with Crippen molar-refractivity contribution >= 4 is 34.8 Å². The minimum absolute atomic E-state index is 0.0494. The van der Waals surface area contributed by atoms with Crippen LogP contribution in [-0.2, 0) is 4.79 Å². The molecule has 1 aliphatic rings. The van der Waals surface area contributed by atoms with Gasteiger partial charge in [-0.2, -0.15) is 0 Å². The van der Waals surface area contributed by atoms with Crippen LogP contribution in [0.4, 0.5) is 5.69 Å². The molecule has 1 atom stereocenters. The van der Waals surface area contributed by atoms with Crippen LogP contribution in [0.5, 0.6) is 5.75 Å². The molecule has 1 heterocycles. The summed E-state index contributed by atoms with van der Waals surface area (Å²) < 4.78 is 5.32. The first-order valence-corrected chi connectivity index (χ1v) is 6.91. The number of alkyl halides is 1. The van der Waals surface area contributed by atoms with Crippen molar-refractivity contribution in [3.63, 3.8) is 0 Å². The predicted octanol–water partition coefficient (Wildman–Crippen LogP) is 4.00. The molecule has 0 spiro atoms. The quantitative estimate of drug-likeness (QED) is 0.852. The summed E-state index contributed by atoms with van der Waals surface area (Å²) in [5, 5.41) is 3.13. The Hall–Kier alpha value is -1.71. The molecule has 0 fully saturated rings. The number of carbonyl (C=O) groups excluding carboxylic acids is 1. The second-order valence-electron chi connectivity index (χ2n) is 4.51. The second-order valence-corrected chi connectivity index (χ2v) is 5.38. The van der Waals surface area contributed by atoms with Crippen LogP contribution >= 0.6 is 23.2 Å². The second kappa shape index (κ2) is 5.35. The molecule has 0 bridgehead atoms. The van der Waals surface area contributed by atoms with Crippen LogP contribution in [0.2, 0.25) is 5.02 Å². The molecule has 2 aromatic carbocycles. The van der Waals surface area contributed by atoms with E-state index in [1.807, 2.05) is 30.3 Å². The van der Waals surface area contributed by atoms with Gasteiger partial charge in [0.1, 0.15) is 5.75 Å². The van der Waals surface area contributed by atoms with Gasteiger partial charge in [0, 0.05) is 5.02 Å².